The minimum Gasteiger partial charge on any atom is -0.366 e. The maximum atomic E-state index is 13.4. The number of hydrogen-bond acceptors (Lipinski definition) is 4. The summed E-state index contributed by atoms with van der Waals surface area (Å²) in [6.07, 6.45) is 2.47. The van der Waals surface area contributed by atoms with Crippen molar-refractivity contribution in [3.8, 4) is 10.4 Å². The van der Waals surface area contributed by atoms with Crippen molar-refractivity contribution in [2.45, 2.75) is 33.2 Å². The number of halogens is 1. The van der Waals surface area contributed by atoms with Gasteiger partial charge in [-0.1, -0.05) is 26.0 Å². The number of benzene rings is 1. The third kappa shape index (κ3) is 4.26. The molecule has 170 valence electrons. The number of amides is 2. The second kappa shape index (κ2) is 8.78. The molecule has 3 heterocycles. The number of nitrogens with two attached hydrogens (primary N) is 2. The molecule has 4 N–H and O–H groups in total. The Bertz CT molecular complexity index is 1350. The van der Waals surface area contributed by atoms with Crippen LogP contribution in [0.5, 0.6) is 0 Å². The second-order valence-corrected chi connectivity index (χ2v) is 9.57. The average molecular weight is 465 g/mol. The molecule has 0 saturated carbocycles. The fourth-order valence-corrected chi connectivity index (χ4v) is 5.01. The van der Waals surface area contributed by atoms with Crippen LogP contribution in [0.3, 0.4) is 0 Å². The van der Waals surface area contributed by atoms with Gasteiger partial charge >= 0.3 is 0 Å². The van der Waals surface area contributed by atoms with E-state index in [0.717, 1.165) is 15.8 Å². The van der Waals surface area contributed by atoms with Crippen LogP contribution in [0.4, 0.5) is 4.39 Å². The summed E-state index contributed by atoms with van der Waals surface area (Å²) in [5, 5.41) is 0.753. The number of pyridine rings is 1. The van der Waals surface area contributed by atoms with E-state index < -0.39 is 11.8 Å². The SMILES string of the molecule is CC(C)Cc1nc2c(ccn2C(C)c2ccc(F)cc2)c(-c2ccc(C(N)=O)s2)c1C(N)=O. The number of carbonyl (C=O) groups excluding carboxylic acids is 2. The molecule has 0 aliphatic heterocycles. The molecule has 0 aliphatic carbocycles. The third-order valence-electron chi connectivity index (χ3n) is 5.65. The van der Waals surface area contributed by atoms with Crippen molar-refractivity contribution in [2.24, 2.45) is 17.4 Å². The summed E-state index contributed by atoms with van der Waals surface area (Å²) in [7, 11) is 0. The molecule has 0 saturated heterocycles. The molecule has 1 atom stereocenters. The molecular formula is C25H25FN4O2S. The van der Waals surface area contributed by atoms with Crippen molar-refractivity contribution >= 4 is 34.2 Å². The number of fused-ring (bicyclic) bond motifs is 1. The molecule has 0 fully saturated rings. The predicted molar refractivity (Wildman–Crippen MR) is 129 cm³/mol. The molecule has 3 aromatic heterocycles. The first-order valence-corrected chi connectivity index (χ1v) is 11.5. The molecule has 6 nitrogen and oxygen atoms in total. The van der Waals surface area contributed by atoms with Gasteiger partial charge in [0.15, 0.2) is 0 Å². The van der Waals surface area contributed by atoms with Crippen LogP contribution in [0.15, 0.2) is 48.7 Å². The fraction of sp³-hybridized carbons (Fsp3) is 0.240. The molecule has 2 amide bonds. The van der Waals surface area contributed by atoms with Crippen LogP contribution in [0.25, 0.3) is 21.5 Å². The van der Waals surface area contributed by atoms with Gasteiger partial charge in [-0.2, -0.15) is 0 Å². The Labute approximate surface area is 195 Å². The zero-order valence-corrected chi connectivity index (χ0v) is 19.4. The van der Waals surface area contributed by atoms with Gasteiger partial charge in [-0.15, -0.1) is 11.3 Å². The summed E-state index contributed by atoms with van der Waals surface area (Å²) in [5.74, 6) is -1.15. The van der Waals surface area contributed by atoms with E-state index in [1.54, 1.807) is 24.3 Å². The smallest absolute Gasteiger partial charge is 0.258 e. The lowest BCUT2D eigenvalue weighted by Gasteiger charge is -2.18. The quantitative estimate of drug-likeness (QED) is 0.406. The Balaban J connectivity index is 2.00. The molecule has 4 aromatic rings. The van der Waals surface area contributed by atoms with Crippen molar-refractivity contribution in [1.29, 1.82) is 0 Å². The molecule has 0 aliphatic rings. The summed E-state index contributed by atoms with van der Waals surface area (Å²) in [5.41, 5.74) is 14.6. The number of thiophene rings is 1. The standard InChI is InChI=1S/C25H25FN4O2S/c1-13(2)12-18-22(24(28)32)21(19-8-9-20(33-19)23(27)31)17-10-11-30(25(17)29-18)14(3)15-4-6-16(26)7-5-15/h4-11,13-14H,12H2,1-3H3,(H2,27,31)(H2,28,32). The first kappa shape index (κ1) is 22.7. The van der Waals surface area contributed by atoms with Gasteiger partial charge in [0.05, 0.1) is 22.2 Å². The lowest BCUT2D eigenvalue weighted by atomic mass is 9.96. The topological polar surface area (TPSA) is 104 Å². The molecule has 0 bridgehead atoms. The Hall–Kier alpha value is -3.52. The van der Waals surface area contributed by atoms with Gasteiger partial charge in [0.1, 0.15) is 11.5 Å². The van der Waals surface area contributed by atoms with Gasteiger partial charge in [0.2, 0.25) is 0 Å². The van der Waals surface area contributed by atoms with Crippen molar-refractivity contribution in [2.75, 3.05) is 0 Å². The van der Waals surface area contributed by atoms with Crippen LogP contribution in [0.2, 0.25) is 0 Å². The zero-order valence-electron chi connectivity index (χ0n) is 18.6. The number of nitrogens with zero attached hydrogens (tertiary/aromatic N) is 2. The van der Waals surface area contributed by atoms with Crippen LogP contribution in [0, 0.1) is 11.7 Å². The number of primary amides is 2. The number of rotatable bonds is 7. The van der Waals surface area contributed by atoms with E-state index in [9.17, 15) is 14.0 Å². The molecule has 0 spiro atoms. The second-order valence-electron chi connectivity index (χ2n) is 8.49. The van der Waals surface area contributed by atoms with Gasteiger partial charge < -0.3 is 16.0 Å². The highest BCUT2D eigenvalue weighted by atomic mass is 32.1. The van der Waals surface area contributed by atoms with Crippen LogP contribution >= 0.6 is 11.3 Å². The normalized spacial score (nSPS) is 12.4. The summed E-state index contributed by atoms with van der Waals surface area (Å²) >= 11 is 1.22. The summed E-state index contributed by atoms with van der Waals surface area (Å²) in [6.45, 7) is 6.11. The summed E-state index contributed by atoms with van der Waals surface area (Å²) in [4.78, 5) is 30.4. The van der Waals surface area contributed by atoms with Crippen molar-refractivity contribution in [1.82, 2.24) is 9.55 Å². The average Bonchev–Trinajstić information content (AvgIpc) is 3.40. The maximum Gasteiger partial charge on any atom is 0.258 e. The molecule has 33 heavy (non-hydrogen) atoms. The van der Waals surface area contributed by atoms with Crippen molar-refractivity contribution in [3.05, 3.63) is 76.2 Å². The minimum absolute atomic E-state index is 0.126. The number of hydrogen-bond donors (Lipinski definition) is 2. The first-order chi connectivity index (χ1) is 15.7. The highest BCUT2D eigenvalue weighted by Gasteiger charge is 2.25. The van der Waals surface area contributed by atoms with E-state index in [-0.39, 0.29) is 17.8 Å². The van der Waals surface area contributed by atoms with Crippen LogP contribution in [-0.2, 0) is 6.42 Å². The zero-order chi connectivity index (χ0) is 23.9. The van der Waals surface area contributed by atoms with Crippen LogP contribution < -0.4 is 11.5 Å². The highest BCUT2D eigenvalue weighted by Crippen LogP contribution is 2.39. The highest BCUT2D eigenvalue weighted by molar-refractivity contribution is 7.17. The van der Waals surface area contributed by atoms with E-state index >= 15 is 0 Å². The van der Waals surface area contributed by atoms with Crippen LogP contribution in [0.1, 0.15) is 58.1 Å². The predicted octanol–water partition coefficient (Wildman–Crippen LogP) is 4.91. The van der Waals surface area contributed by atoms with E-state index in [4.69, 9.17) is 16.5 Å². The van der Waals surface area contributed by atoms with E-state index in [2.05, 4.69) is 0 Å². The van der Waals surface area contributed by atoms with Gasteiger partial charge in [-0.3, -0.25) is 9.59 Å². The summed E-state index contributed by atoms with van der Waals surface area (Å²) in [6, 6.07) is 11.6. The molecular weight excluding hydrogens is 439 g/mol. The van der Waals surface area contributed by atoms with E-state index in [1.165, 1.54) is 23.5 Å². The van der Waals surface area contributed by atoms with E-state index in [0.29, 0.717) is 33.8 Å². The largest absolute Gasteiger partial charge is 0.366 e. The lowest BCUT2D eigenvalue weighted by molar-refractivity contribution is 0.0993. The van der Waals surface area contributed by atoms with Gasteiger partial charge in [0, 0.05) is 22.0 Å². The molecule has 0 radical (unpaired) electrons. The van der Waals surface area contributed by atoms with Crippen molar-refractivity contribution in [3.63, 3.8) is 0 Å². The van der Waals surface area contributed by atoms with Gasteiger partial charge in [-0.25, -0.2) is 9.37 Å². The minimum atomic E-state index is -0.566. The Morgan fingerprint density at radius 1 is 1.03 bits per heavy atom. The van der Waals surface area contributed by atoms with Crippen LogP contribution in [-0.4, -0.2) is 21.4 Å². The first-order valence-electron chi connectivity index (χ1n) is 10.7. The van der Waals surface area contributed by atoms with Gasteiger partial charge in [0.25, 0.3) is 11.8 Å². The Morgan fingerprint density at radius 3 is 2.30 bits per heavy atom. The van der Waals surface area contributed by atoms with E-state index in [1.807, 2.05) is 37.6 Å². The third-order valence-corrected chi connectivity index (χ3v) is 6.77. The molecule has 8 heteroatoms. The summed E-state index contributed by atoms with van der Waals surface area (Å²) < 4.78 is 15.4. The molecule has 1 unspecified atom stereocenters. The van der Waals surface area contributed by atoms with Crippen molar-refractivity contribution < 1.29 is 14.0 Å². The number of carbonyl (C=O) groups is 2. The monoisotopic (exact) mass is 464 g/mol. The molecule has 4 rings (SSSR count). The Morgan fingerprint density at radius 2 is 1.73 bits per heavy atom. The molecule has 1 aromatic carbocycles. The van der Waals surface area contributed by atoms with Gasteiger partial charge in [-0.05, 0) is 55.2 Å². The number of aromatic nitrogens is 2. The lowest BCUT2D eigenvalue weighted by Crippen LogP contribution is -2.18. The Kier molecular flexibility index (Phi) is 6.03. The fourth-order valence-electron chi connectivity index (χ4n) is 4.09. The maximum absolute atomic E-state index is 13.4.